The van der Waals surface area contributed by atoms with Gasteiger partial charge in [-0.1, -0.05) is 24.6 Å². The predicted molar refractivity (Wildman–Crippen MR) is 72.7 cm³/mol. The molecule has 0 saturated carbocycles. The fourth-order valence-corrected chi connectivity index (χ4v) is 2.25. The third-order valence-corrected chi connectivity index (χ3v) is 3.09. The first-order valence-electron chi connectivity index (χ1n) is 6.13. The number of nitrogens with zero attached hydrogens (tertiary/aromatic N) is 3. The Hall–Kier alpha value is -1.39. The van der Waals surface area contributed by atoms with Gasteiger partial charge in [0.1, 0.15) is 0 Å². The van der Waals surface area contributed by atoms with Gasteiger partial charge in [0.15, 0.2) is 0 Å². The minimum Gasteiger partial charge on any atom is -0.304 e. The van der Waals surface area contributed by atoms with Crippen LogP contribution in [0.25, 0.3) is 0 Å². The van der Waals surface area contributed by atoms with Crippen molar-refractivity contribution >= 4 is 11.6 Å². The SMILES string of the molecule is CCNC(c1ccccn1)c1c(Cl)cnn1CC. The van der Waals surface area contributed by atoms with Crippen LogP contribution in [0.1, 0.15) is 31.3 Å². The Morgan fingerprint density at radius 1 is 1.39 bits per heavy atom. The Balaban J connectivity index is 2.44. The molecular formula is C13H17ClN4. The quantitative estimate of drug-likeness (QED) is 0.903. The molecule has 4 nitrogen and oxygen atoms in total. The zero-order chi connectivity index (χ0) is 13.0. The lowest BCUT2D eigenvalue weighted by Crippen LogP contribution is -2.25. The molecule has 1 N–H and O–H groups in total. The number of hydrogen-bond donors (Lipinski definition) is 1. The molecule has 2 aromatic rings. The van der Waals surface area contributed by atoms with Gasteiger partial charge in [-0.2, -0.15) is 5.10 Å². The van der Waals surface area contributed by atoms with Crippen LogP contribution in [0.15, 0.2) is 30.6 Å². The molecule has 0 aromatic carbocycles. The highest BCUT2D eigenvalue weighted by atomic mass is 35.5. The van der Waals surface area contributed by atoms with Crippen molar-refractivity contribution < 1.29 is 0 Å². The maximum absolute atomic E-state index is 6.25. The summed E-state index contributed by atoms with van der Waals surface area (Å²) >= 11 is 6.25. The molecule has 0 saturated heterocycles. The summed E-state index contributed by atoms with van der Waals surface area (Å²) in [7, 11) is 0. The number of hydrogen-bond acceptors (Lipinski definition) is 3. The Morgan fingerprint density at radius 3 is 2.83 bits per heavy atom. The third kappa shape index (κ3) is 2.54. The summed E-state index contributed by atoms with van der Waals surface area (Å²) in [6.45, 7) is 5.74. The summed E-state index contributed by atoms with van der Waals surface area (Å²) in [6, 6.07) is 5.86. The van der Waals surface area contributed by atoms with Crippen LogP contribution in [0, 0.1) is 0 Å². The van der Waals surface area contributed by atoms with E-state index >= 15 is 0 Å². The van der Waals surface area contributed by atoms with Crippen molar-refractivity contribution in [3.63, 3.8) is 0 Å². The van der Waals surface area contributed by atoms with Crippen molar-refractivity contribution in [1.82, 2.24) is 20.1 Å². The van der Waals surface area contributed by atoms with Crippen molar-refractivity contribution in [3.05, 3.63) is 47.0 Å². The third-order valence-electron chi connectivity index (χ3n) is 2.80. The zero-order valence-electron chi connectivity index (χ0n) is 10.6. The van der Waals surface area contributed by atoms with Crippen LogP contribution in [0.3, 0.4) is 0 Å². The van der Waals surface area contributed by atoms with Gasteiger partial charge < -0.3 is 5.32 Å². The molecule has 0 fully saturated rings. The Labute approximate surface area is 112 Å². The van der Waals surface area contributed by atoms with Gasteiger partial charge in [0.05, 0.1) is 28.6 Å². The average molecular weight is 265 g/mol. The average Bonchev–Trinajstić information content (AvgIpc) is 2.78. The van der Waals surface area contributed by atoms with E-state index < -0.39 is 0 Å². The molecule has 96 valence electrons. The van der Waals surface area contributed by atoms with Crippen molar-refractivity contribution in [2.45, 2.75) is 26.4 Å². The maximum atomic E-state index is 6.25. The minimum absolute atomic E-state index is 0.0221. The van der Waals surface area contributed by atoms with Crippen LogP contribution in [0.2, 0.25) is 5.02 Å². The van der Waals surface area contributed by atoms with Crippen molar-refractivity contribution in [2.24, 2.45) is 0 Å². The molecule has 2 heterocycles. The molecule has 2 aromatic heterocycles. The smallest absolute Gasteiger partial charge is 0.0937 e. The highest BCUT2D eigenvalue weighted by molar-refractivity contribution is 6.31. The van der Waals surface area contributed by atoms with Gasteiger partial charge in [0.25, 0.3) is 0 Å². The standard InChI is InChI=1S/C13H17ClN4/c1-3-15-12(11-7-5-6-8-16-11)13-10(14)9-17-18(13)4-2/h5-9,12,15H,3-4H2,1-2H3. The molecule has 0 amide bonds. The van der Waals surface area contributed by atoms with Crippen LogP contribution in [0.4, 0.5) is 0 Å². The molecule has 18 heavy (non-hydrogen) atoms. The van der Waals surface area contributed by atoms with Crippen molar-refractivity contribution in [3.8, 4) is 0 Å². The van der Waals surface area contributed by atoms with E-state index in [1.165, 1.54) is 0 Å². The molecule has 0 aliphatic heterocycles. The Bertz CT molecular complexity index is 495. The van der Waals surface area contributed by atoms with Gasteiger partial charge in [-0.05, 0) is 25.6 Å². The van der Waals surface area contributed by atoms with Gasteiger partial charge in [-0.25, -0.2) is 0 Å². The summed E-state index contributed by atoms with van der Waals surface area (Å²) in [5.74, 6) is 0. The zero-order valence-corrected chi connectivity index (χ0v) is 11.4. The lowest BCUT2D eigenvalue weighted by atomic mass is 10.1. The van der Waals surface area contributed by atoms with Crippen LogP contribution >= 0.6 is 11.6 Å². The lowest BCUT2D eigenvalue weighted by Gasteiger charge is -2.19. The van der Waals surface area contributed by atoms with E-state index in [0.717, 1.165) is 24.5 Å². The number of rotatable bonds is 5. The predicted octanol–water partition coefficient (Wildman–Crippen LogP) is 2.65. The number of aromatic nitrogens is 3. The molecule has 1 atom stereocenters. The Morgan fingerprint density at radius 2 is 2.22 bits per heavy atom. The van der Waals surface area contributed by atoms with Gasteiger partial charge in [0.2, 0.25) is 0 Å². The second-order valence-corrected chi connectivity index (χ2v) is 4.35. The second-order valence-electron chi connectivity index (χ2n) is 3.94. The molecule has 0 bridgehead atoms. The van der Waals surface area contributed by atoms with E-state index in [4.69, 9.17) is 11.6 Å². The normalized spacial score (nSPS) is 12.6. The largest absolute Gasteiger partial charge is 0.304 e. The van der Waals surface area contributed by atoms with E-state index in [2.05, 4.69) is 22.3 Å². The fraction of sp³-hybridized carbons (Fsp3) is 0.385. The van der Waals surface area contributed by atoms with Crippen LogP contribution < -0.4 is 5.32 Å². The summed E-state index contributed by atoms with van der Waals surface area (Å²) in [5.41, 5.74) is 1.93. The molecule has 2 rings (SSSR count). The van der Waals surface area contributed by atoms with Crippen LogP contribution in [-0.4, -0.2) is 21.3 Å². The lowest BCUT2D eigenvalue weighted by molar-refractivity contribution is 0.534. The summed E-state index contributed by atoms with van der Waals surface area (Å²) in [5, 5.41) is 8.36. The first-order chi connectivity index (χ1) is 8.77. The van der Waals surface area contributed by atoms with E-state index in [1.807, 2.05) is 29.8 Å². The minimum atomic E-state index is -0.0221. The summed E-state index contributed by atoms with van der Waals surface area (Å²) in [6.07, 6.45) is 3.48. The van der Waals surface area contributed by atoms with Crippen LogP contribution in [-0.2, 0) is 6.54 Å². The number of nitrogens with one attached hydrogen (secondary N) is 1. The van der Waals surface area contributed by atoms with E-state index in [0.29, 0.717) is 5.02 Å². The van der Waals surface area contributed by atoms with Gasteiger partial charge in [-0.3, -0.25) is 9.67 Å². The fourth-order valence-electron chi connectivity index (χ4n) is 2.00. The molecule has 0 spiro atoms. The van der Waals surface area contributed by atoms with Gasteiger partial charge in [0, 0.05) is 12.7 Å². The van der Waals surface area contributed by atoms with Crippen LogP contribution in [0.5, 0.6) is 0 Å². The van der Waals surface area contributed by atoms with E-state index in [9.17, 15) is 0 Å². The summed E-state index contributed by atoms with van der Waals surface area (Å²) < 4.78 is 1.91. The Kier molecular flexibility index (Phi) is 4.33. The first-order valence-corrected chi connectivity index (χ1v) is 6.51. The molecule has 5 heteroatoms. The highest BCUT2D eigenvalue weighted by Gasteiger charge is 2.21. The maximum Gasteiger partial charge on any atom is 0.0937 e. The monoisotopic (exact) mass is 264 g/mol. The highest BCUT2D eigenvalue weighted by Crippen LogP contribution is 2.27. The summed E-state index contributed by atoms with van der Waals surface area (Å²) in [4.78, 5) is 4.41. The van der Waals surface area contributed by atoms with Gasteiger partial charge >= 0.3 is 0 Å². The number of aryl methyl sites for hydroxylation is 1. The molecule has 0 aliphatic carbocycles. The van der Waals surface area contributed by atoms with Crippen molar-refractivity contribution in [2.75, 3.05) is 6.54 Å². The molecule has 1 unspecified atom stereocenters. The first kappa shape index (κ1) is 13.1. The van der Waals surface area contributed by atoms with E-state index in [1.54, 1.807) is 12.4 Å². The van der Waals surface area contributed by atoms with E-state index in [-0.39, 0.29) is 6.04 Å². The second kappa shape index (κ2) is 5.98. The molecule has 0 radical (unpaired) electrons. The topological polar surface area (TPSA) is 42.7 Å². The van der Waals surface area contributed by atoms with Gasteiger partial charge in [-0.15, -0.1) is 0 Å². The number of halogens is 1. The number of pyridine rings is 1. The van der Waals surface area contributed by atoms with Crippen molar-refractivity contribution in [1.29, 1.82) is 0 Å². The molecular weight excluding hydrogens is 248 g/mol. The molecule has 0 aliphatic rings.